The fraction of sp³-hybridized carbons (Fsp3) is 0.217. The number of H-pyrrole nitrogens is 1. The van der Waals surface area contributed by atoms with Gasteiger partial charge in [-0.1, -0.05) is 63.2 Å². The number of carbonyl (C=O) groups excluding carboxylic acids is 2. The fourth-order valence-electron chi connectivity index (χ4n) is 2.83. The van der Waals surface area contributed by atoms with Gasteiger partial charge in [-0.05, 0) is 23.1 Å². The summed E-state index contributed by atoms with van der Waals surface area (Å²) in [6.07, 6.45) is 3.14. The Morgan fingerprint density at radius 2 is 1.77 bits per heavy atom. The van der Waals surface area contributed by atoms with Gasteiger partial charge in [0.05, 0.1) is 24.7 Å². The minimum Gasteiger partial charge on any atom is -0.343 e. The first-order valence-electron chi connectivity index (χ1n) is 9.64. The van der Waals surface area contributed by atoms with Crippen LogP contribution < -0.4 is 10.7 Å². The molecule has 0 saturated heterocycles. The molecule has 0 bridgehead atoms. The van der Waals surface area contributed by atoms with Gasteiger partial charge in [-0.2, -0.15) is 10.2 Å². The Bertz CT molecular complexity index is 1030. The van der Waals surface area contributed by atoms with Gasteiger partial charge in [0.15, 0.2) is 0 Å². The maximum Gasteiger partial charge on any atom is 0.259 e. The minimum atomic E-state index is -0.421. The quantitative estimate of drug-likeness (QED) is 0.435. The lowest BCUT2D eigenvalue weighted by molar-refractivity contribution is -0.120. The third kappa shape index (κ3) is 5.41. The number of nitrogens with zero attached hydrogens (tertiary/aromatic N) is 2. The summed E-state index contributed by atoms with van der Waals surface area (Å²) in [5.74, 6) is -0.730. The first kappa shape index (κ1) is 21.0. The van der Waals surface area contributed by atoms with Gasteiger partial charge >= 0.3 is 0 Å². The highest BCUT2D eigenvalue weighted by atomic mass is 16.2. The Morgan fingerprint density at radius 3 is 2.43 bits per heavy atom. The molecule has 154 valence electrons. The molecule has 3 rings (SSSR count). The van der Waals surface area contributed by atoms with Crippen molar-refractivity contribution in [1.29, 1.82) is 0 Å². The average Bonchev–Trinajstić information content (AvgIpc) is 3.20. The monoisotopic (exact) mass is 403 g/mol. The van der Waals surface area contributed by atoms with Crippen LogP contribution in [0.4, 0.5) is 0 Å². The SMILES string of the molecule is CC(C)(C)c1ccc(C(=O)NCC(=O)NN=Cc2cn[nH]c2-c2ccccc2)cc1. The van der Waals surface area contributed by atoms with Crippen molar-refractivity contribution >= 4 is 18.0 Å². The van der Waals surface area contributed by atoms with E-state index < -0.39 is 5.91 Å². The van der Waals surface area contributed by atoms with Crippen LogP contribution in [0.2, 0.25) is 0 Å². The topological polar surface area (TPSA) is 99.2 Å². The molecule has 0 radical (unpaired) electrons. The standard InChI is InChI=1S/C23H25N5O2/c1-23(2,3)19-11-9-17(10-12-19)22(30)24-15-20(29)27-25-13-18-14-26-28-21(18)16-7-5-4-6-8-16/h4-14H,15H2,1-3H3,(H,24,30)(H,26,28)(H,27,29). The van der Waals surface area contributed by atoms with Gasteiger partial charge < -0.3 is 5.32 Å². The number of nitrogens with one attached hydrogen (secondary N) is 3. The summed E-state index contributed by atoms with van der Waals surface area (Å²) >= 11 is 0. The molecule has 0 aliphatic rings. The number of aromatic amines is 1. The molecule has 0 fully saturated rings. The molecule has 7 nitrogen and oxygen atoms in total. The van der Waals surface area contributed by atoms with E-state index in [1.165, 1.54) is 6.21 Å². The molecule has 7 heteroatoms. The summed E-state index contributed by atoms with van der Waals surface area (Å²) in [7, 11) is 0. The second-order valence-electron chi connectivity index (χ2n) is 7.87. The summed E-state index contributed by atoms with van der Waals surface area (Å²) in [6, 6.07) is 17.1. The van der Waals surface area contributed by atoms with E-state index in [9.17, 15) is 9.59 Å². The Balaban J connectivity index is 1.51. The largest absolute Gasteiger partial charge is 0.343 e. The van der Waals surface area contributed by atoms with E-state index in [0.717, 1.165) is 22.4 Å². The Kier molecular flexibility index (Phi) is 6.41. The van der Waals surface area contributed by atoms with E-state index >= 15 is 0 Å². The molecule has 0 spiro atoms. The molecule has 3 aromatic rings. The van der Waals surface area contributed by atoms with Crippen LogP contribution in [0, 0.1) is 0 Å². The van der Waals surface area contributed by atoms with E-state index in [2.05, 4.69) is 46.8 Å². The van der Waals surface area contributed by atoms with Gasteiger partial charge in [0.2, 0.25) is 0 Å². The molecular formula is C23H25N5O2. The molecule has 0 atom stereocenters. The van der Waals surface area contributed by atoms with E-state index in [4.69, 9.17) is 0 Å². The molecule has 0 aliphatic heterocycles. The first-order valence-corrected chi connectivity index (χ1v) is 9.64. The van der Waals surface area contributed by atoms with Gasteiger partial charge in [-0.3, -0.25) is 14.7 Å². The molecule has 0 saturated carbocycles. The summed E-state index contributed by atoms with van der Waals surface area (Å²) in [5.41, 5.74) is 6.58. The van der Waals surface area contributed by atoms with Crippen LogP contribution in [0.3, 0.4) is 0 Å². The Hall–Kier alpha value is -3.74. The van der Waals surface area contributed by atoms with Crippen LogP contribution in [-0.2, 0) is 10.2 Å². The van der Waals surface area contributed by atoms with E-state index in [-0.39, 0.29) is 17.9 Å². The lowest BCUT2D eigenvalue weighted by Gasteiger charge is -2.19. The van der Waals surface area contributed by atoms with Crippen molar-refractivity contribution in [2.75, 3.05) is 6.54 Å². The first-order chi connectivity index (χ1) is 14.3. The van der Waals surface area contributed by atoms with Crippen molar-refractivity contribution in [3.8, 4) is 11.3 Å². The third-order valence-corrected chi connectivity index (χ3v) is 4.55. The maximum absolute atomic E-state index is 12.2. The number of amides is 2. The molecule has 1 aromatic heterocycles. The highest BCUT2D eigenvalue weighted by Crippen LogP contribution is 2.22. The minimum absolute atomic E-state index is 0.0161. The number of hydrazone groups is 1. The van der Waals surface area contributed by atoms with Gasteiger partial charge in [0.1, 0.15) is 0 Å². The molecular weight excluding hydrogens is 378 g/mol. The van der Waals surface area contributed by atoms with Crippen LogP contribution >= 0.6 is 0 Å². The van der Waals surface area contributed by atoms with Gasteiger partial charge in [-0.25, -0.2) is 5.43 Å². The highest BCUT2D eigenvalue weighted by Gasteiger charge is 2.14. The van der Waals surface area contributed by atoms with Gasteiger partial charge in [0.25, 0.3) is 11.8 Å². The molecule has 3 N–H and O–H groups in total. The summed E-state index contributed by atoms with van der Waals surface area (Å²) < 4.78 is 0. The molecule has 30 heavy (non-hydrogen) atoms. The lowest BCUT2D eigenvalue weighted by Crippen LogP contribution is -2.34. The Morgan fingerprint density at radius 1 is 1.07 bits per heavy atom. The van der Waals surface area contributed by atoms with Crippen molar-refractivity contribution in [3.05, 3.63) is 77.5 Å². The molecule has 2 amide bonds. The zero-order valence-electron chi connectivity index (χ0n) is 17.3. The van der Waals surface area contributed by atoms with E-state index in [0.29, 0.717) is 5.56 Å². The molecule has 1 heterocycles. The third-order valence-electron chi connectivity index (χ3n) is 4.55. The predicted molar refractivity (Wildman–Crippen MR) is 117 cm³/mol. The summed E-state index contributed by atoms with van der Waals surface area (Å²) in [5, 5.41) is 13.5. The van der Waals surface area contributed by atoms with Crippen molar-refractivity contribution < 1.29 is 9.59 Å². The zero-order chi connectivity index (χ0) is 21.6. The molecule has 0 unspecified atom stereocenters. The maximum atomic E-state index is 12.2. The van der Waals surface area contributed by atoms with Gasteiger partial charge in [-0.15, -0.1) is 0 Å². The van der Waals surface area contributed by atoms with Crippen molar-refractivity contribution in [1.82, 2.24) is 20.9 Å². The number of hydrogen-bond donors (Lipinski definition) is 3. The smallest absolute Gasteiger partial charge is 0.259 e. The van der Waals surface area contributed by atoms with E-state index in [1.807, 2.05) is 42.5 Å². The lowest BCUT2D eigenvalue weighted by atomic mass is 9.87. The van der Waals surface area contributed by atoms with Gasteiger partial charge in [0, 0.05) is 16.7 Å². The number of rotatable bonds is 6. The number of carbonyl (C=O) groups is 2. The van der Waals surface area contributed by atoms with Crippen LogP contribution in [0.15, 0.2) is 65.9 Å². The molecule has 2 aromatic carbocycles. The van der Waals surface area contributed by atoms with Crippen molar-refractivity contribution in [3.63, 3.8) is 0 Å². The molecule has 0 aliphatic carbocycles. The fourth-order valence-corrected chi connectivity index (χ4v) is 2.83. The van der Waals surface area contributed by atoms with Crippen LogP contribution in [-0.4, -0.2) is 34.8 Å². The van der Waals surface area contributed by atoms with Crippen molar-refractivity contribution in [2.45, 2.75) is 26.2 Å². The van der Waals surface area contributed by atoms with Crippen LogP contribution in [0.25, 0.3) is 11.3 Å². The van der Waals surface area contributed by atoms with Crippen molar-refractivity contribution in [2.24, 2.45) is 5.10 Å². The van der Waals surface area contributed by atoms with E-state index in [1.54, 1.807) is 18.3 Å². The van der Waals surface area contributed by atoms with Crippen LogP contribution in [0.5, 0.6) is 0 Å². The summed E-state index contributed by atoms with van der Waals surface area (Å²) in [6.45, 7) is 6.16. The number of aromatic nitrogens is 2. The second-order valence-corrected chi connectivity index (χ2v) is 7.87. The second kappa shape index (κ2) is 9.17. The normalized spacial score (nSPS) is 11.4. The highest BCUT2D eigenvalue weighted by molar-refractivity contribution is 5.96. The van der Waals surface area contributed by atoms with Crippen LogP contribution in [0.1, 0.15) is 42.3 Å². The number of hydrogen-bond acceptors (Lipinski definition) is 4. The predicted octanol–water partition coefficient (Wildman–Crippen LogP) is 3.25. The summed E-state index contributed by atoms with van der Waals surface area (Å²) in [4.78, 5) is 24.2. The zero-order valence-corrected chi connectivity index (χ0v) is 17.3. The Labute approximate surface area is 175 Å². The average molecular weight is 403 g/mol. The number of benzene rings is 2.